The van der Waals surface area contributed by atoms with Gasteiger partial charge in [0, 0.05) is 28.9 Å². The Morgan fingerprint density at radius 2 is 2.00 bits per heavy atom. The minimum Gasteiger partial charge on any atom is -0.376 e. The molecule has 134 valence electrons. The van der Waals surface area contributed by atoms with E-state index in [-0.39, 0.29) is 5.54 Å². The molecule has 0 unspecified atom stereocenters. The SMILES string of the molecule is Cc1c[nH]c2ncc(-c3cc4c(c(C5(N(C)C)CC5)c3)COCC4)cc12. The van der Waals surface area contributed by atoms with E-state index >= 15 is 0 Å². The van der Waals surface area contributed by atoms with Crippen LogP contribution in [0.3, 0.4) is 0 Å². The van der Waals surface area contributed by atoms with Crippen molar-refractivity contribution in [3.05, 3.63) is 52.8 Å². The topological polar surface area (TPSA) is 41.2 Å². The van der Waals surface area contributed by atoms with E-state index in [0.29, 0.717) is 0 Å². The van der Waals surface area contributed by atoms with E-state index in [4.69, 9.17) is 4.74 Å². The van der Waals surface area contributed by atoms with Gasteiger partial charge in [0.15, 0.2) is 0 Å². The highest BCUT2D eigenvalue weighted by molar-refractivity contribution is 5.84. The maximum Gasteiger partial charge on any atom is 0.137 e. The summed E-state index contributed by atoms with van der Waals surface area (Å²) in [5.41, 5.74) is 9.19. The molecule has 1 aliphatic carbocycles. The number of aromatic nitrogens is 2. The molecule has 0 bridgehead atoms. The minimum atomic E-state index is 0.183. The predicted octanol–water partition coefficient (Wildman–Crippen LogP) is 4.16. The fraction of sp³-hybridized carbons (Fsp3) is 0.409. The second kappa shape index (κ2) is 5.66. The lowest BCUT2D eigenvalue weighted by Gasteiger charge is -2.30. The van der Waals surface area contributed by atoms with Crippen LogP contribution in [0, 0.1) is 6.92 Å². The van der Waals surface area contributed by atoms with E-state index < -0.39 is 0 Å². The van der Waals surface area contributed by atoms with Gasteiger partial charge >= 0.3 is 0 Å². The Kier molecular flexibility index (Phi) is 3.49. The fourth-order valence-corrected chi connectivity index (χ4v) is 4.43. The van der Waals surface area contributed by atoms with Crippen LogP contribution in [0.15, 0.2) is 30.6 Å². The van der Waals surface area contributed by atoms with Crippen LogP contribution in [0.4, 0.5) is 0 Å². The van der Waals surface area contributed by atoms with Gasteiger partial charge in [-0.2, -0.15) is 0 Å². The van der Waals surface area contributed by atoms with Crippen LogP contribution in [0.2, 0.25) is 0 Å². The van der Waals surface area contributed by atoms with Crippen molar-refractivity contribution in [1.29, 1.82) is 0 Å². The predicted molar refractivity (Wildman–Crippen MR) is 104 cm³/mol. The van der Waals surface area contributed by atoms with Crippen molar-refractivity contribution in [1.82, 2.24) is 14.9 Å². The number of aryl methyl sites for hydroxylation is 1. The van der Waals surface area contributed by atoms with Crippen molar-refractivity contribution in [2.24, 2.45) is 0 Å². The summed E-state index contributed by atoms with van der Waals surface area (Å²) in [4.78, 5) is 10.3. The zero-order valence-corrected chi connectivity index (χ0v) is 15.7. The molecule has 4 heteroatoms. The Morgan fingerprint density at radius 1 is 1.15 bits per heavy atom. The summed E-state index contributed by atoms with van der Waals surface area (Å²) in [6.45, 7) is 3.69. The average molecular weight is 347 g/mol. The van der Waals surface area contributed by atoms with Gasteiger partial charge in [0.05, 0.1) is 13.2 Å². The van der Waals surface area contributed by atoms with Crippen LogP contribution in [-0.4, -0.2) is 35.6 Å². The molecule has 2 aliphatic rings. The second-order valence-electron chi connectivity index (χ2n) is 7.98. The molecule has 0 spiro atoms. The standard InChI is InChI=1S/C22H25N3O/c1-14-11-23-21-18(14)9-17(12-24-21)16-8-15-4-7-26-13-19(15)20(10-16)22(5-6-22)25(2)3/h8-12H,4-7,13H2,1-3H3,(H,23,24). The molecule has 1 fully saturated rings. The lowest BCUT2D eigenvalue weighted by Crippen LogP contribution is -2.30. The smallest absolute Gasteiger partial charge is 0.137 e. The third-order valence-corrected chi connectivity index (χ3v) is 6.26. The zero-order valence-electron chi connectivity index (χ0n) is 15.7. The Morgan fingerprint density at radius 3 is 2.77 bits per heavy atom. The molecule has 4 nitrogen and oxygen atoms in total. The van der Waals surface area contributed by atoms with Gasteiger partial charge in [-0.25, -0.2) is 4.98 Å². The molecule has 5 rings (SSSR count). The Labute approximate surface area is 154 Å². The van der Waals surface area contributed by atoms with Gasteiger partial charge in [-0.3, -0.25) is 4.90 Å². The van der Waals surface area contributed by atoms with Crippen molar-refractivity contribution in [2.75, 3.05) is 20.7 Å². The Balaban J connectivity index is 1.70. The van der Waals surface area contributed by atoms with Crippen molar-refractivity contribution in [3.63, 3.8) is 0 Å². The molecule has 3 heterocycles. The summed E-state index contributed by atoms with van der Waals surface area (Å²) >= 11 is 0. The van der Waals surface area contributed by atoms with E-state index in [2.05, 4.69) is 54.1 Å². The van der Waals surface area contributed by atoms with E-state index in [0.717, 1.165) is 25.3 Å². The molecule has 3 aromatic rings. The number of nitrogens with one attached hydrogen (secondary N) is 1. The third kappa shape index (κ3) is 2.32. The van der Waals surface area contributed by atoms with Gasteiger partial charge in [-0.15, -0.1) is 0 Å². The van der Waals surface area contributed by atoms with E-state index in [1.165, 1.54) is 51.6 Å². The number of benzene rings is 1. The molecule has 1 aliphatic heterocycles. The first kappa shape index (κ1) is 16.0. The number of fused-ring (bicyclic) bond motifs is 2. The molecule has 2 aromatic heterocycles. The molecule has 0 amide bonds. The molecule has 0 saturated heterocycles. The van der Waals surface area contributed by atoms with Crippen LogP contribution in [0.25, 0.3) is 22.2 Å². The Bertz CT molecular complexity index is 998. The Hall–Kier alpha value is -2.17. The number of hydrogen-bond donors (Lipinski definition) is 1. The van der Waals surface area contributed by atoms with Gasteiger partial charge in [-0.05, 0) is 80.2 Å². The van der Waals surface area contributed by atoms with Gasteiger partial charge in [0.25, 0.3) is 0 Å². The van der Waals surface area contributed by atoms with Gasteiger partial charge in [0.2, 0.25) is 0 Å². The minimum absolute atomic E-state index is 0.183. The fourth-order valence-electron chi connectivity index (χ4n) is 4.43. The van der Waals surface area contributed by atoms with E-state index in [9.17, 15) is 0 Å². The molecular formula is C22H25N3O. The number of hydrogen-bond acceptors (Lipinski definition) is 3. The zero-order chi connectivity index (χ0) is 17.9. The summed E-state index contributed by atoms with van der Waals surface area (Å²) in [5, 5.41) is 1.21. The normalized spacial score (nSPS) is 18.3. The first-order chi connectivity index (χ1) is 12.6. The quantitative estimate of drug-likeness (QED) is 0.773. The van der Waals surface area contributed by atoms with Crippen molar-refractivity contribution in [3.8, 4) is 11.1 Å². The first-order valence-corrected chi connectivity index (χ1v) is 9.44. The molecule has 1 aromatic carbocycles. The van der Waals surface area contributed by atoms with Crippen molar-refractivity contribution < 1.29 is 4.74 Å². The summed E-state index contributed by atoms with van der Waals surface area (Å²) in [7, 11) is 4.40. The molecular weight excluding hydrogens is 322 g/mol. The summed E-state index contributed by atoms with van der Waals surface area (Å²) < 4.78 is 5.81. The van der Waals surface area contributed by atoms with Crippen LogP contribution < -0.4 is 0 Å². The molecule has 0 atom stereocenters. The molecule has 1 saturated carbocycles. The highest BCUT2D eigenvalue weighted by Gasteiger charge is 2.48. The summed E-state index contributed by atoms with van der Waals surface area (Å²) in [6.07, 6.45) is 7.48. The van der Waals surface area contributed by atoms with Crippen molar-refractivity contribution in [2.45, 2.75) is 38.3 Å². The maximum atomic E-state index is 5.81. The lowest BCUT2D eigenvalue weighted by molar-refractivity contribution is 0.108. The van der Waals surface area contributed by atoms with E-state index in [1.54, 1.807) is 0 Å². The number of rotatable bonds is 3. The monoisotopic (exact) mass is 347 g/mol. The molecule has 0 radical (unpaired) electrons. The van der Waals surface area contributed by atoms with Crippen molar-refractivity contribution >= 4 is 11.0 Å². The largest absolute Gasteiger partial charge is 0.376 e. The number of aromatic amines is 1. The van der Waals surface area contributed by atoms with E-state index in [1.807, 2.05) is 12.4 Å². The maximum absolute atomic E-state index is 5.81. The van der Waals surface area contributed by atoms with Crippen LogP contribution in [-0.2, 0) is 23.3 Å². The lowest BCUT2D eigenvalue weighted by atomic mass is 9.87. The van der Waals surface area contributed by atoms with Crippen LogP contribution >= 0.6 is 0 Å². The number of H-pyrrole nitrogens is 1. The highest BCUT2D eigenvalue weighted by atomic mass is 16.5. The third-order valence-electron chi connectivity index (χ3n) is 6.26. The number of ether oxygens (including phenoxy) is 1. The number of nitrogens with zero attached hydrogens (tertiary/aromatic N) is 2. The van der Waals surface area contributed by atoms with Gasteiger partial charge < -0.3 is 9.72 Å². The van der Waals surface area contributed by atoms with Gasteiger partial charge in [-0.1, -0.05) is 6.07 Å². The molecule has 1 N–H and O–H groups in total. The summed E-state index contributed by atoms with van der Waals surface area (Å²) in [6, 6.07) is 7.03. The van der Waals surface area contributed by atoms with Gasteiger partial charge in [0.1, 0.15) is 5.65 Å². The summed E-state index contributed by atoms with van der Waals surface area (Å²) in [5.74, 6) is 0. The number of pyridine rings is 1. The first-order valence-electron chi connectivity index (χ1n) is 9.44. The molecule has 26 heavy (non-hydrogen) atoms. The highest BCUT2D eigenvalue weighted by Crippen LogP contribution is 2.52. The van der Waals surface area contributed by atoms with Crippen LogP contribution in [0.1, 0.15) is 35.1 Å². The average Bonchev–Trinajstić information content (AvgIpc) is 3.40. The van der Waals surface area contributed by atoms with Crippen LogP contribution in [0.5, 0.6) is 0 Å². The second-order valence-corrected chi connectivity index (χ2v) is 7.98.